The number of fused-ring (bicyclic) bond motifs is 8. The molecule has 1 aliphatic rings. The van der Waals surface area contributed by atoms with E-state index in [1.165, 1.54) is 52.2 Å². The summed E-state index contributed by atoms with van der Waals surface area (Å²) in [6, 6.07) is 23.5. The molecule has 17 rings (SSSR count). The van der Waals surface area contributed by atoms with Gasteiger partial charge >= 0.3 is 6.09 Å². The molecule has 12 heterocycles. The van der Waals surface area contributed by atoms with E-state index in [1.54, 1.807) is 16.8 Å². The zero-order valence-corrected chi connectivity index (χ0v) is 56.7. The molecule has 102 heavy (non-hydrogen) atoms. The van der Waals surface area contributed by atoms with Crippen LogP contribution in [0.1, 0.15) is 99.3 Å². The first-order valence-electron chi connectivity index (χ1n) is 32.3. The fraction of sp³-hybridized carbons (Fsp3) is 0.254. The van der Waals surface area contributed by atoms with Crippen LogP contribution in [0.5, 0.6) is 0 Å². The summed E-state index contributed by atoms with van der Waals surface area (Å²) in [5, 5.41) is 49.0. The van der Waals surface area contributed by atoms with Crippen molar-refractivity contribution in [1.29, 1.82) is 0 Å². The number of nitrogens with zero attached hydrogens (tertiary/aromatic N) is 20. The lowest BCUT2D eigenvalue weighted by Gasteiger charge is -2.05. The van der Waals surface area contributed by atoms with Crippen molar-refractivity contribution in [2.75, 3.05) is 51.7 Å². The number of rotatable bonds is 12. The monoisotopic (exact) mass is 1380 g/mol. The van der Waals surface area contributed by atoms with Crippen LogP contribution in [-0.2, 0) is 9.53 Å². The molecule has 2 amide bonds. The molecule has 0 spiro atoms. The molecule has 0 atom stereocenters. The van der Waals surface area contributed by atoms with Crippen molar-refractivity contribution in [2.24, 2.45) is 0 Å². The summed E-state index contributed by atoms with van der Waals surface area (Å²) in [6.45, 7) is 17.7. The van der Waals surface area contributed by atoms with Gasteiger partial charge in [0.15, 0.2) is 68.2 Å². The summed E-state index contributed by atoms with van der Waals surface area (Å²) in [7, 11) is 1.28. The van der Waals surface area contributed by atoms with Crippen molar-refractivity contribution in [1.82, 2.24) is 99.6 Å². The predicted octanol–water partition coefficient (Wildman–Crippen LogP) is 11.5. The summed E-state index contributed by atoms with van der Waals surface area (Å²) in [5.74, 6) is 3.17. The third kappa shape index (κ3) is 12.2. The number of nitrogens with two attached hydrogens (primary N) is 5. The highest BCUT2D eigenvalue weighted by molar-refractivity contribution is 6.06. The molecule has 0 aliphatic heterocycles. The molecular weight excluding hydrogens is 1310 g/mol. The molecule has 1 fully saturated rings. The minimum atomic E-state index is -0.624. The number of carbonyl (C=O) groups is 2. The average Bonchev–Trinajstić information content (AvgIpc) is 1.62. The maximum atomic E-state index is 11.4. The Morgan fingerprint density at radius 1 is 0.422 bits per heavy atom. The number of hydrogen-bond donors (Lipinski definition) is 8. The van der Waals surface area contributed by atoms with Gasteiger partial charge in [-0.25, -0.2) is 63.4 Å². The first-order chi connectivity index (χ1) is 49.1. The molecule has 13 N–H and O–H groups in total. The second kappa shape index (κ2) is 26.4. The summed E-state index contributed by atoms with van der Waals surface area (Å²) in [5.41, 5.74) is 41.4. The third-order valence-corrected chi connectivity index (χ3v) is 16.7. The van der Waals surface area contributed by atoms with Gasteiger partial charge in [-0.1, -0.05) is 44.9 Å². The number of ether oxygens (including phenoxy) is 1. The Hall–Kier alpha value is -13.5. The molecule has 16 aromatic rings. The summed E-state index contributed by atoms with van der Waals surface area (Å²) in [6.07, 6.45) is 7.52. The third-order valence-electron chi connectivity index (χ3n) is 16.7. The van der Waals surface area contributed by atoms with E-state index in [2.05, 4.69) is 110 Å². The Morgan fingerprint density at radius 3 is 1.05 bits per heavy atom. The van der Waals surface area contributed by atoms with Gasteiger partial charge in [-0.15, -0.1) is 0 Å². The highest BCUT2D eigenvalue weighted by atomic mass is 16.5. The number of carbonyl (C=O) groups excluding carboxylic acids is 2. The Morgan fingerprint density at radius 2 is 0.725 bits per heavy atom. The molecule has 0 bridgehead atoms. The van der Waals surface area contributed by atoms with E-state index in [1.807, 2.05) is 116 Å². The van der Waals surface area contributed by atoms with Crippen molar-refractivity contribution in [3.8, 4) is 45.0 Å². The molecule has 1 aliphatic carbocycles. The van der Waals surface area contributed by atoms with Gasteiger partial charge in [-0.05, 0) is 117 Å². The van der Waals surface area contributed by atoms with E-state index in [-0.39, 0.29) is 35.9 Å². The largest absolute Gasteiger partial charge is 0.453 e. The van der Waals surface area contributed by atoms with Crippen LogP contribution in [0, 0.1) is 0 Å². The summed E-state index contributed by atoms with van der Waals surface area (Å²) in [4.78, 5) is 56.5. The van der Waals surface area contributed by atoms with Crippen molar-refractivity contribution >= 4 is 147 Å². The van der Waals surface area contributed by atoms with Crippen LogP contribution in [0.3, 0.4) is 0 Å². The van der Waals surface area contributed by atoms with Gasteiger partial charge in [-0.3, -0.25) is 10.1 Å². The van der Waals surface area contributed by atoms with Crippen LogP contribution < -0.4 is 44.6 Å². The highest BCUT2D eigenvalue weighted by Crippen LogP contribution is 2.40. The van der Waals surface area contributed by atoms with Crippen LogP contribution in [0.25, 0.3) is 133 Å². The maximum absolute atomic E-state index is 11.4. The van der Waals surface area contributed by atoms with E-state index in [0.29, 0.717) is 119 Å². The van der Waals surface area contributed by atoms with E-state index in [9.17, 15) is 9.59 Å². The second-order valence-electron chi connectivity index (χ2n) is 25.1. The molecule has 4 aromatic carbocycles. The quantitative estimate of drug-likeness (QED) is 0.0563. The number of methoxy groups -OCH3 is 1. The van der Waals surface area contributed by atoms with Gasteiger partial charge in [-0.2, -0.15) is 20.4 Å². The topological polar surface area (TPSA) is 488 Å². The van der Waals surface area contributed by atoms with Gasteiger partial charge in [0.2, 0.25) is 5.91 Å². The summed E-state index contributed by atoms with van der Waals surface area (Å²) >= 11 is 0. The van der Waals surface area contributed by atoms with Crippen molar-refractivity contribution in [2.45, 2.75) is 105 Å². The lowest BCUT2D eigenvalue weighted by atomic mass is 10.1. The van der Waals surface area contributed by atoms with Gasteiger partial charge in [0.1, 0.15) is 71.4 Å². The van der Waals surface area contributed by atoms with Gasteiger partial charge in [0.25, 0.3) is 0 Å². The molecule has 518 valence electrons. The number of nitrogen functional groups attached to an aromatic ring is 5. The van der Waals surface area contributed by atoms with Gasteiger partial charge in [0, 0.05) is 59.4 Å². The SMILES string of the molecule is CC(=O)Nc1noc2cc(-c3nn(C(C)C)c4ncnc(N)c34)ccc12.CC(C)n1nc(-c2ccc3c(N)noc3c2)c2c(N)ncnc21.CC(C)n1nc(-c2ccc3c(NC4CC4)noc3c2)c2c(N)ncnc21.COC(=O)Nc1noc2cc(-c3nn(C(C)C)c4ncnc(N)c34)ccc12. The fourth-order valence-electron chi connectivity index (χ4n) is 11.6. The normalized spacial score (nSPS) is 12.3. The minimum Gasteiger partial charge on any atom is -0.453 e. The number of hydrogen-bond acceptors (Lipinski definition) is 29. The number of amides is 2. The molecule has 0 unspecified atom stereocenters. The standard InChI is InChI=1S/C18H19N7O.C17H17N7O3.C17H17N7O2.C15H15N7O/c1-9(2)25-18-14(16(19)20-8-21-18)15(23-25)10-3-6-12-13(7-10)26-24-17(12)22-11-4-5-11;1-8(2)24-16-12(14(18)19-7-20-16)13(22-24)9-4-5-10-11(6-9)27-23-15(10)21-17(25)26-3;1-8(2)24-17-13(15(18)19-7-20-17)14(22-24)10-4-5-11-12(6-10)26-23-16(11)21-9(3)25;1-7(2)22-15-11(14(17)18-6-19-15)12(20-22)8-3-4-9-10(5-8)23-21-13(9)16/h3,6-9,11H,4-5H2,1-2H3,(H,22,24)(H2,19,20,21);4-8H,1-3H3,(H2,18,19,20)(H,21,23,25);4-8H,1-3H3,(H2,18,19,20)(H,21,23,25);3-7H,1-2H3,(H2,16,21)(H2,17,18,19). The van der Waals surface area contributed by atoms with Crippen LogP contribution >= 0.6 is 0 Å². The Labute approximate surface area is 576 Å². The zero-order chi connectivity index (χ0) is 71.5. The molecule has 35 heteroatoms. The van der Waals surface area contributed by atoms with Crippen LogP contribution in [-0.4, -0.2) is 125 Å². The fourth-order valence-corrected chi connectivity index (χ4v) is 11.6. The molecular formula is C67H68N28O7. The molecule has 0 radical (unpaired) electrons. The predicted molar refractivity (Wildman–Crippen MR) is 384 cm³/mol. The maximum Gasteiger partial charge on any atom is 0.412 e. The number of nitrogens with one attached hydrogen (secondary N) is 3. The molecule has 12 aromatic heterocycles. The number of anilines is 8. The highest BCUT2D eigenvalue weighted by Gasteiger charge is 2.27. The Balaban J connectivity index is 0.000000115. The van der Waals surface area contributed by atoms with Gasteiger partial charge < -0.3 is 62.1 Å². The van der Waals surface area contributed by atoms with E-state index >= 15 is 0 Å². The van der Waals surface area contributed by atoms with Crippen LogP contribution in [0.2, 0.25) is 0 Å². The Bertz CT molecular complexity index is 5890. The van der Waals surface area contributed by atoms with Crippen LogP contribution in [0.15, 0.2) is 116 Å². The second-order valence-corrected chi connectivity index (χ2v) is 25.1. The summed E-state index contributed by atoms with van der Waals surface area (Å²) < 4.78 is 33.3. The molecule has 1 saturated carbocycles. The Kier molecular flexibility index (Phi) is 17.0. The van der Waals surface area contributed by atoms with Crippen molar-refractivity contribution in [3.05, 3.63) is 98.1 Å². The van der Waals surface area contributed by atoms with E-state index in [4.69, 9.17) is 51.9 Å². The lowest BCUT2D eigenvalue weighted by molar-refractivity contribution is -0.114. The van der Waals surface area contributed by atoms with E-state index in [0.717, 1.165) is 61.0 Å². The van der Waals surface area contributed by atoms with Crippen molar-refractivity contribution < 1.29 is 32.4 Å². The first-order valence-corrected chi connectivity index (χ1v) is 32.3. The lowest BCUT2D eigenvalue weighted by Crippen LogP contribution is -2.11. The number of benzene rings is 4. The van der Waals surface area contributed by atoms with Gasteiger partial charge in [0.05, 0.1) is 50.2 Å². The zero-order valence-electron chi connectivity index (χ0n) is 56.7. The van der Waals surface area contributed by atoms with Crippen molar-refractivity contribution in [3.63, 3.8) is 0 Å². The average molecular weight is 1380 g/mol. The number of aromatic nitrogens is 20. The molecule has 0 saturated heterocycles. The smallest absolute Gasteiger partial charge is 0.412 e. The van der Waals surface area contributed by atoms with E-state index < -0.39 is 6.09 Å². The van der Waals surface area contributed by atoms with Crippen LogP contribution in [0.4, 0.5) is 51.3 Å². The molecule has 35 nitrogen and oxygen atoms in total. The first kappa shape index (κ1) is 65.8. The minimum absolute atomic E-state index is 0.0976.